The number of alkyl halides is 3. The number of hydrogen-bond donors (Lipinski definition) is 2. The van der Waals surface area contributed by atoms with Gasteiger partial charge in [0, 0.05) is 18.3 Å². The fraction of sp³-hybridized carbons (Fsp3) is 0.533. The van der Waals surface area contributed by atoms with E-state index in [1.807, 2.05) is 11.4 Å². The summed E-state index contributed by atoms with van der Waals surface area (Å²) in [6, 6.07) is 6.76. The molecule has 0 saturated heterocycles. The molecule has 1 aromatic carbocycles. The van der Waals surface area contributed by atoms with Crippen LogP contribution in [0.2, 0.25) is 0 Å². The van der Waals surface area contributed by atoms with Crippen LogP contribution in [0.3, 0.4) is 0 Å². The van der Waals surface area contributed by atoms with E-state index in [1.165, 1.54) is 6.07 Å². The topological polar surface area (TPSA) is 41.1 Å². The Labute approximate surface area is 122 Å². The first kappa shape index (κ1) is 17.5. The van der Waals surface area contributed by atoms with Crippen LogP contribution in [0.15, 0.2) is 24.3 Å². The fourth-order valence-electron chi connectivity index (χ4n) is 2.06. The quantitative estimate of drug-likeness (QED) is 0.841. The number of anilines is 1. The Balaban J connectivity index is 2.66. The van der Waals surface area contributed by atoms with Gasteiger partial charge in [0.05, 0.1) is 0 Å². The van der Waals surface area contributed by atoms with Gasteiger partial charge in [0.15, 0.2) is 0 Å². The van der Waals surface area contributed by atoms with Crippen molar-refractivity contribution in [2.24, 2.45) is 5.92 Å². The van der Waals surface area contributed by atoms with Gasteiger partial charge in [-0.25, -0.2) is 0 Å². The lowest BCUT2D eigenvalue weighted by atomic mass is 10.0. The molecule has 118 valence electrons. The lowest BCUT2D eigenvalue weighted by molar-refractivity contribution is -0.167. The van der Waals surface area contributed by atoms with Crippen molar-refractivity contribution in [3.8, 4) is 0 Å². The molecule has 0 aliphatic carbocycles. The number of carbonyl (C=O) groups is 1. The highest BCUT2D eigenvalue weighted by Crippen LogP contribution is 2.19. The number of amides is 1. The summed E-state index contributed by atoms with van der Waals surface area (Å²) in [5.41, 5.74) is 0.975. The molecular formula is C15H21F3N2O. The first-order valence-corrected chi connectivity index (χ1v) is 6.94. The van der Waals surface area contributed by atoms with Crippen molar-refractivity contribution in [3.63, 3.8) is 0 Å². The molecule has 0 radical (unpaired) electrons. The second-order valence-corrected chi connectivity index (χ2v) is 5.29. The van der Waals surface area contributed by atoms with Gasteiger partial charge >= 0.3 is 12.1 Å². The van der Waals surface area contributed by atoms with Crippen molar-refractivity contribution in [1.29, 1.82) is 0 Å². The SMILES string of the molecule is CCC(NCc1cccc(NC(=O)C(F)(F)F)c1)C(C)C. The Hall–Kier alpha value is -1.56. The lowest BCUT2D eigenvalue weighted by Gasteiger charge is -2.21. The van der Waals surface area contributed by atoms with Gasteiger partial charge in [-0.3, -0.25) is 4.79 Å². The largest absolute Gasteiger partial charge is 0.471 e. The van der Waals surface area contributed by atoms with Crippen LogP contribution in [-0.4, -0.2) is 18.1 Å². The van der Waals surface area contributed by atoms with E-state index in [-0.39, 0.29) is 5.69 Å². The maximum absolute atomic E-state index is 12.2. The predicted molar refractivity (Wildman–Crippen MR) is 76.9 cm³/mol. The second-order valence-electron chi connectivity index (χ2n) is 5.29. The third kappa shape index (κ3) is 5.75. The molecule has 1 aromatic rings. The first-order valence-electron chi connectivity index (χ1n) is 6.94. The molecule has 21 heavy (non-hydrogen) atoms. The van der Waals surface area contributed by atoms with Crippen LogP contribution in [0.1, 0.15) is 32.8 Å². The van der Waals surface area contributed by atoms with Crippen LogP contribution in [0.4, 0.5) is 18.9 Å². The molecule has 3 nitrogen and oxygen atoms in total. The maximum Gasteiger partial charge on any atom is 0.471 e. The molecule has 2 N–H and O–H groups in total. The summed E-state index contributed by atoms with van der Waals surface area (Å²) in [4.78, 5) is 10.9. The van der Waals surface area contributed by atoms with Crippen molar-refractivity contribution < 1.29 is 18.0 Å². The Morgan fingerprint density at radius 2 is 1.95 bits per heavy atom. The molecule has 1 amide bonds. The van der Waals surface area contributed by atoms with E-state index < -0.39 is 12.1 Å². The minimum Gasteiger partial charge on any atom is -0.318 e. The third-order valence-electron chi connectivity index (χ3n) is 3.26. The van der Waals surface area contributed by atoms with E-state index in [4.69, 9.17) is 0 Å². The number of hydrogen-bond acceptors (Lipinski definition) is 2. The van der Waals surface area contributed by atoms with Gasteiger partial charge in [-0.15, -0.1) is 0 Å². The molecular weight excluding hydrogens is 281 g/mol. The summed E-state index contributed by atoms with van der Waals surface area (Å²) < 4.78 is 36.6. The number of rotatable bonds is 6. The number of nitrogens with one attached hydrogen (secondary N) is 2. The summed E-state index contributed by atoms with van der Waals surface area (Å²) >= 11 is 0. The molecule has 0 aliphatic heterocycles. The lowest BCUT2D eigenvalue weighted by Crippen LogP contribution is -2.32. The Morgan fingerprint density at radius 3 is 2.48 bits per heavy atom. The van der Waals surface area contributed by atoms with Crippen LogP contribution in [0, 0.1) is 5.92 Å². The van der Waals surface area contributed by atoms with Crippen LogP contribution in [0.25, 0.3) is 0 Å². The standard InChI is InChI=1S/C15H21F3N2O/c1-4-13(10(2)3)19-9-11-6-5-7-12(8-11)20-14(21)15(16,17)18/h5-8,10,13,19H,4,9H2,1-3H3,(H,20,21). The normalized spacial score (nSPS) is 13.3. The third-order valence-corrected chi connectivity index (χ3v) is 3.26. The molecule has 0 spiro atoms. The van der Waals surface area contributed by atoms with Crippen molar-refractivity contribution in [3.05, 3.63) is 29.8 Å². The molecule has 1 rings (SSSR count). The zero-order valence-corrected chi connectivity index (χ0v) is 12.4. The summed E-state index contributed by atoms with van der Waals surface area (Å²) in [6.07, 6.45) is -3.90. The molecule has 1 atom stereocenters. The average Bonchev–Trinajstić information content (AvgIpc) is 2.38. The molecule has 0 saturated carbocycles. The molecule has 0 heterocycles. The molecule has 0 aliphatic rings. The maximum atomic E-state index is 12.2. The Morgan fingerprint density at radius 1 is 1.29 bits per heavy atom. The highest BCUT2D eigenvalue weighted by atomic mass is 19.4. The van der Waals surface area contributed by atoms with E-state index >= 15 is 0 Å². The van der Waals surface area contributed by atoms with E-state index in [1.54, 1.807) is 12.1 Å². The minimum atomic E-state index is -4.88. The monoisotopic (exact) mass is 302 g/mol. The van der Waals surface area contributed by atoms with Gasteiger partial charge in [-0.2, -0.15) is 13.2 Å². The summed E-state index contributed by atoms with van der Waals surface area (Å²) in [5.74, 6) is -1.48. The first-order chi connectivity index (χ1) is 9.74. The van der Waals surface area contributed by atoms with Crippen LogP contribution < -0.4 is 10.6 Å². The minimum absolute atomic E-state index is 0.147. The Kier molecular flexibility index (Phi) is 6.20. The van der Waals surface area contributed by atoms with Gasteiger partial charge in [0.1, 0.15) is 0 Å². The highest BCUT2D eigenvalue weighted by Gasteiger charge is 2.38. The van der Waals surface area contributed by atoms with E-state index in [2.05, 4.69) is 26.1 Å². The zero-order chi connectivity index (χ0) is 16.0. The van der Waals surface area contributed by atoms with E-state index in [0.29, 0.717) is 18.5 Å². The van der Waals surface area contributed by atoms with E-state index in [9.17, 15) is 18.0 Å². The summed E-state index contributed by atoms with van der Waals surface area (Å²) in [5, 5.41) is 5.22. The van der Waals surface area contributed by atoms with Crippen LogP contribution >= 0.6 is 0 Å². The summed E-state index contributed by atoms with van der Waals surface area (Å²) in [7, 11) is 0. The van der Waals surface area contributed by atoms with Crippen LogP contribution in [0.5, 0.6) is 0 Å². The average molecular weight is 302 g/mol. The van der Waals surface area contributed by atoms with Crippen molar-refractivity contribution >= 4 is 11.6 Å². The zero-order valence-electron chi connectivity index (χ0n) is 12.4. The highest BCUT2D eigenvalue weighted by molar-refractivity contribution is 5.94. The molecule has 1 unspecified atom stereocenters. The molecule has 6 heteroatoms. The summed E-state index contributed by atoms with van der Waals surface area (Å²) in [6.45, 7) is 6.85. The number of benzene rings is 1. The predicted octanol–water partition coefficient (Wildman–Crippen LogP) is 3.71. The number of carbonyl (C=O) groups excluding carboxylic acids is 1. The van der Waals surface area contributed by atoms with Crippen molar-refractivity contribution in [1.82, 2.24) is 5.32 Å². The molecule has 0 fully saturated rings. The van der Waals surface area contributed by atoms with Gasteiger partial charge < -0.3 is 10.6 Å². The van der Waals surface area contributed by atoms with Crippen molar-refractivity contribution in [2.75, 3.05) is 5.32 Å². The fourth-order valence-corrected chi connectivity index (χ4v) is 2.06. The molecule has 0 aromatic heterocycles. The van der Waals surface area contributed by atoms with E-state index in [0.717, 1.165) is 12.0 Å². The second kappa shape index (κ2) is 7.45. The van der Waals surface area contributed by atoms with Gasteiger partial charge in [0.2, 0.25) is 0 Å². The van der Waals surface area contributed by atoms with Gasteiger partial charge in [-0.05, 0) is 30.0 Å². The molecule has 0 bridgehead atoms. The smallest absolute Gasteiger partial charge is 0.318 e. The van der Waals surface area contributed by atoms with Crippen LogP contribution in [-0.2, 0) is 11.3 Å². The van der Waals surface area contributed by atoms with Crippen molar-refractivity contribution in [2.45, 2.75) is 46.0 Å². The number of halogens is 3. The van der Waals surface area contributed by atoms with Gasteiger partial charge in [-0.1, -0.05) is 32.9 Å². The van der Waals surface area contributed by atoms with Gasteiger partial charge in [0.25, 0.3) is 0 Å². The Bertz CT molecular complexity index is 472.